The maximum absolute atomic E-state index is 3.43. The molecule has 0 radical (unpaired) electrons. The van der Waals surface area contributed by atoms with Crippen LogP contribution in [0.15, 0.2) is 66.0 Å². The lowest BCUT2D eigenvalue weighted by atomic mass is 9.99. The van der Waals surface area contributed by atoms with E-state index in [0.29, 0.717) is 0 Å². The molecule has 0 aliphatic carbocycles. The fourth-order valence-corrected chi connectivity index (χ4v) is 3.69. The molecule has 1 aromatic heterocycles. The van der Waals surface area contributed by atoms with Crippen LogP contribution in [0, 0.1) is 6.92 Å². The van der Waals surface area contributed by atoms with Crippen LogP contribution in [0.2, 0.25) is 0 Å². The quantitative estimate of drug-likeness (QED) is 0.711. The zero-order valence-corrected chi connectivity index (χ0v) is 13.2. The zero-order chi connectivity index (χ0) is 14.7. The summed E-state index contributed by atoms with van der Waals surface area (Å²) in [5.74, 6) is 0. The molecule has 1 atom stereocenters. The minimum absolute atomic E-state index is 0.273. The summed E-state index contributed by atoms with van der Waals surface area (Å²) in [5.41, 5.74) is 5.18. The predicted octanol–water partition coefficient (Wildman–Crippen LogP) is 5.03. The second-order valence-corrected chi connectivity index (χ2v) is 6.13. The summed E-state index contributed by atoms with van der Waals surface area (Å²) in [7, 11) is 2.02. The van der Waals surface area contributed by atoms with Crippen LogP contribution in [0.1, 0.15) is 22.0 Å². The molecule has 0 fully saturated rings. The van der Waals surface area contributed by atoms with E-state index < -0.39 is 0 Å². The Hall–Kier alpha value is -1.90. The van der Waals surface area contributed by atoms with E-state index in [1.54, 1.807) is 0 Å². The molecule has 2 aromatic carbocycles. The van der Waals surface area contributed by atoms with Crippen molar-refractivity contribution in [1.29, 1.82) is 0 Å². The smallest absolute Gasteiger partial charge is 0.0671 e. The first kappa shape index (κ1) is 14.1. The molecule has 0 saturated carbocycles. The van der Waals surface area contributed by atoms with Crippen molar-refractivity contribution < 1.29 is 0 Å². The highest BCUT2D eigenvalue weighted by Crippen LogP contribution is 2.30. The van der Waals surface area contributed by atoms with Gasteiger partial charge in [0.15, 0.2) is 0 Å². The fraction of sp³-hybridized carbons (Fsp3) is 0.158. The largest absolute Gasteiger partial charge is 0.309 e. The molecule has 106 valence electrons. The van der Waals surface area contributed by atoms with Crippen molar-refractivity contribution in [2.45, 2.75) is 13.0 Å². The third-order valence-electron chi connectivity index (χ3n) is 3.80. The number of nitrogens with one attached hydrogen (secondary N) is 1. The average molecular weight is 293 g/mol. The van der Waals surface area contributed by atoms with Crippen molar-refractivity contribution in [3.63, 3.8) is 0 Å². The van der Waals surface area contributed by atoms with Crippen LogP contribution in [-0.2, 0) is 0 Å². The predicted molar refractivity (Wildman–Crippen MR) is 91.8 cm³/mol. The first-order valence-electron chi connectivity index (χ1n) is 7.16. The van der Waals surface area contributed by atoms with Gasteiger partial charge in [-0.15, -0.1) is 11.3 Å². The van der Waals surface area contributed by atoms with Gasteiger partial charge in [0.25, 0.3) is 0 Å². The average Bonchev–Trinajstić information content (AvgIpc) is 2.96. The molecule has 0 bridgehead atoms. The molecule has 1 N–H and O–H groups in total. The second-order valence-electron chi connectivity index (χ2n) is 5.18. The Morgan fingerprint density at radius 3 is 2.10 bits per heavy atom. The van der Waals surface area contributed by atoms with Crippen LogP contribution >= 0.6 is 11.3 Å². The van der Waals surface area contributed by atoms with E-state index in [4.69, 9.17) is 0 Å². The number of thiophene rings is 1. The monoisotopic (exact) mass is 293 g/mol. The van der Waals surface area contributed by atoms with Crippen LogP contribution in [0.5, 0.6) is 0 Å². The topological polar surface area (TPSA) is 12.0 Å². The molecule has 3 rings (SSSR count). The van der Waals surface area contributed by atoms with E-state index in [-0.39, 0.29) is 6.04 Å². The Bertz CT molecular complexity index is 698. The van der Waals surface area contributed by atoms with Crippen molar-refractivity contribution in [3.05, 3.63) is 82.0 Å². The molecular weight excluding hydrogens is 274 g/mol. The molecule has 0 aliphatic heterocycles. The van der Waals surface area contributed by atoms with Crippen molar-refractivity contribution >= 4 is 11.3 Å². The molecule has 0 aliphatic rings. The van der Waals surface area contributed by atoms with Crippen LogP contribution in [0.4, 0.5) is 0 Å². The van der Waals surface area contributed by atoms with Crippen molar-refractivity contribution in [2.24, 2.45) is 0 Å². The summed E-state index contributed by atoms with van der Waals surface area (Å²) in [6, 6.07) is 21.8. The summed E-state index contributed by atoms with van der Waals surface area (Å²) in [4.78, 5) is 1.39. The molecule has 2 heteroatoms. The van der Waals surface area contributed by atoms with Gasteiger partial charge in [-0.25, -0.2) is 0 Å². The molecular formula is C19H19NS. The molecule has 3 aromatic rings. The lowest BCUT2D eigenvalue weighted by Gasteiger charge is -2.17. The summed E-state index contributed by atoms with van der Waals surface area (Å²) in [6.07, 6.45) is 0. The number of rotatable bonds is 4. The van der Waals surface area contributed by atoms with Crippen molar-refractivity contribution in [1.82, 2.24) is 5.32 Å². The second kappa shape index (κ2) is 6.25. The number of hydrogen-bond acceptors (Lipinski definition) is 2. The SMILES string of the molecule is CNC(c1ccc(-c2ccccc2)cc1)c1sccc1C. The molecule has 0 saturated heterocycles. The van der Waals surface area contributed by atoms with Gasteiger partial charge in [-0.3, -0.25) is 0 Å². The lowest BCUT2D eigenvalue weighted by Crippen LogP contribution is -2.17. The normalized spacial score (nSPS) is 12.3. The molecule has 0 spiro atoms. The number of benzene rings is 2. The minimum atomic E-state index is 0.273. The molecule has 21 heavy (non-hydrogen) atoms. The van der Waals surface area contributed by atoms with E-state index in [0.717, 1.165) is 0 Å². The number of hydrogen-bond donors (Lipinski definition) is 1. The van der Waals surface area contributed by atoms with Gasteiger partial charge in [0.05, 0.1) is 6.04 Å². The van der Waals surface area contributed by atoms with Crippen LogP contribution in [0.3, 0.4) is 0 Å². The Morgan fingerprint density at radius 1 is 0.857 bits per heavy atom. The van der Waals surface area contributed by atoms with E-state index in [1.807, 2.05) is 18.4 Å². The van der Waals surface area contributed by atoms with Gasteiger partial charge in [-0.1, -0.05) is 54.6 Å². The zero-order valence-electron chi connectivity index (χ0n) is 12.3. The lowest BCUT2D eigenvalue weighted by molar-refractivity contribution is 0.700. The van der Waals surface area contributed by atoms with E-state index in [9.17, 15) is 0 Å². The number of aryl methyl sites for hydroxylation is 1. The maximum atomic E-state index is 3.43. The van der Waals surface area contributed by atoms with Crippen LogP contribution in [0.25, 0.3) is 11.1 Å². The van der Waals surface area contributed by atoms with E-state index >= 15 is 0 Å². The van der Waals surface area contributed by atoms with Gasteiger partial charge in [-0.05, 0) is 47.7 Å². The molecule has 1 unspecified atom stereocenters. The van der Waals surface area contributed by atoms with E-state index in [1.165, 1.54) is 27.1 Å². The highest BCUT2D eigenvalue weighted by Gasteiger charge is 2.15. The van der Waals surface area contributed by atoms with Gasteiger partial charge < -0.3 is 5.32 Å². The highest BCUT2D eigenvalue weighted by molar-refractivity contribution is 7.10. The Balaban J connectivity index is 1.91. The molecule has 1 nitrogen and oxygen atoms in total. The third kappa shape index (κ3) is 2.92. The highest BCUT2D eigenvalue weighted by atomic mass is 32.1. The standard InChI is InChI=1S/C19H19NS/c1-14-12-13-21-19(14)18(20-2)17-10-8-16(9-11-17)15-6-4-3-5-7-15/h3-13,18,20H,1-2H3. The summed E-state index contributed by atoms with van der Waals surface area (Å²) in [5, 5.41) is 5.59. The minimum Gasteiger partial charge on any atom is -0.309 e. The summed E-state index contributed by atoms with van der Waals surface area (Å²) >= 11 is 1.82. The van der Waals surface area contributed by atoms with Gasteiger partial charge in [0.2, 0.25) is 0 Å². The van der Waals surface area contributed by atoms with Crippen molar-refractivity contribution in [2.75, 3.05) is 7.05 Å². The Labute approximate surface area is 130 Å². The first-order chi connectivity index (χ1) is 10.3. The van der Waals surface area contributed by atoms with Gasteiger partial charge in [0, 0.05) is 4.88 Å². The van der Waals surface area contributed by atoms with Gasteiger partial charge in [0.1, 0.15) is 0 Å². The fourth-order valence-electron chi connectivity index (χ4n) is 2.63. The Kier molecular flexibility index (Phi) is 4.18. The van der Waals surface area contributed by atoms with Crippen LogP contribution in [-0.4, -0.2) is 7.05 Å². The third-order valence-corrected chi connectivity index (χ3v) is 4.89. The summed E-state index contributed by atoms with van der Waals surface area (Å²) < 4.78 is 0. The van der Waals surface area contributed by atoms with E-state index in [2.05, 4.69) is 78.3 Å². The maximum Gasteiger partial charge on any atom is 0.0671 e. The van der Waals surface area contributed by atoms with Gasteiger partial charge in [-0.2, -0.15) is 0 Å². The molecule has 1 heterocycles. The van der Waals surface area contributed by atoms with Crippen LogP contribution < -0.4 is 5.32 Å². The van der Waals surface area contributed by atoms with Gasteiger partial charge >= 0.3 is 0 Å². The Morgan fingerprint density at radius 2 is 1.52 bits per heavy atom. The first-order valence-corrected chi connectivity index (χ1v) is 8.04. The summed E-state index contributed by atoms with van der Waals surface area (Å²) in [6.45, 7) is 2.18. The molecule has 0 amide bonds. The van der Waals surface area contributed by atoms with Crippen molar-refractivity contribution in [3.8, 4) is 11.1 Å².